The standard InChI is InChI=1S/C15H22F2N2/c1-12-3-4-14(11-13(12)2)15(16,17)5-8-19-9-6-18-7-10-19/h3-4,11,18H,5-10H2,1-2H3. The van der Waals surface area contributed by atoms with E-state index in [0.717, 1.165) is 37.3 Å². The molecule has 0 aliphatic carbocycles. The first kappa shape index (κ1) is 14.4. The van der Waals surface area contributed by atoms with E-state index in [4.69, 9.17) is 0 Å². The molecule has 2 rings (SSSR count). The summed E-state index contributed by atoms with van der Waals surface area (Å²) in [5.74, 6) is -2.73. The SMILES string of the molecule is Cc1ccc(C(F)(F)CCN2CCNCC2)cc1C. The number of alkyl halides is 2. The monoisotopic (exact) mass is 268 g/mol. The molecule has 2 nitrogen and oxygen atoms in total. The maximum atomic E-state index is 14.2. The molecule has 1 N–H and O–H groups in total. The predicted octanol–water partition coefficient (Wildman–Crippen LogP) is 2.69. The van der Waals surface area contributed by atoms with Crippen molar-refractivity contribution in [2.45, 2.75) is 26.2 Å². The van der Waals surface area contributed by atoms with Crippen LogP contribution in [-0.2, 0) is 5.92 Å². The predicted molar refractivity (Wildman–Crippen MR) is 73.7 cm³/mol. The highest BCUT2D eigenvalue weighted by Crippen LogP contribution is 2.32. The number of nitrogens with one attached hydrogen (secondary N) is 1. The third-order valence-corrected chi connectivity index (χ3v) is 3.88. The van der Waals surface area contributed by atoms with Crippen molar-refractivity contribution in [3.63, 3.8) is 0 Å². The molecule has 1 aliphatic rings. The topological polar surface area (TPSA) is 15.3 Å². The quantitative estimate of drug-likeness (QED) is 0.903. The van der Waals surface area contributed by atoms with Crippen LogP contribution in [0.4, 0.5) is 8.78 Å². The van der Waals surface area contributed by atoms with Crippen molar-refractivity contribution in [2.75, 3.05) is 32.7 Å². The molecule has 0 atom stereocenters. The van der Waals surface area contributed by atoms with E-state index in [2.05, 4.69) is 10.2 Å². The second-order valence-corrected chi connectivity index (χ2v) is 5.35. The van der Waals surface area contributed by atoms with Crippen molar-refractivity contribution in [1.29, 1.82) is 0 Å². The summed E-state index contributed by atoms with van der Waals surface area (Å²) in [6, 6.07) is 4.95. The Labute approximate surface area is 113 Å². The number of hydrogen-bond acceptors (Lipinski definition) is 2. The van der Waals surface area contributed by atoms with E-state index < -0.39 is 5.92 Å². The van der Waals surface area contributed by atoms with Gasteiger partial charge in [0.05, 0.1) is 0 Å². The molecule has 0 saturated carbocycles. The summed E-state index contributed by atoms with van der Waals surface area (Å²) in [5, 5.41) is 3.23. The molecule has 1 aromatic rings. The Kier molecular flexibility index (Phi) is 4.53. The molecule has 19 heavy (non-hydrogen) atoms. The molecule has 1 saturated heterocycles. The van der Waals surface area contributed by atoms with Crippen LogP contribution in [0.3, 0.4) is 0 Å². The molecular weight excluding hydrogens is 246 g/mol. The average Bonchev–Trinajstić information content (AvgIpc) is 2.41. The van der Waals surface area contributed by atoms with Gasteiger partial charge in [0.15, 0.2) is 0 Å². The average molecular weight is 268 g/mol. The number of aryl methyl sites for hydroxylation is 2. The fourth-order valence-corrected chi connectivity index (χ4v) is 2.35. The molecule has 106 valence electrons. The minimum Gasteiger partial charge on any atom is -0.314 e. The van der Waals surface area contributed by atoms with Crippen molar-refractivity contribution < 1.29 is 8.78 Å². The Hall–Kier alpha value is -1.00. The first-order valence-electron chi connectivity index (χ1n) is 6.88. The number of nitrogens with zero attached hydrogens (tertiary/aromatic N) is 1. The maximum Gasteiger partial charge on any atom is 0.274 e. The highest BCUT2D eigenvalue weighted by molar-refractivity contribution is 5.32. The molecule has 1 aromatic carbocycles. The summed E-state index contributed by atoms with van der Waals surface area (Å²) in [6.07, 6.45) is -0.102. The Balaban J connectivity index is 1.98. The van der Waals surface area contributed by atoms with E-state index >= 15 is 0 Å². The van der Waals surface area contributed by atoms with Crippen LogP contribution in [0.25, 0.3) is 0 Å². The molecular formula is C15H22F2N2. The normalized spacial score (nSPS) is 17.7. The van der Waals surface area contributed by atoms with Crippen molar-refractivity contribution in [2.24, 2.45) is 0 Å². The van der Waals surface area contributed by atoms with Crippen molar-refractivity contribution in [1.82, 2.24) is 10.2 Å². The molecule has 1 fully saturated rings. The number of halogens is 2. The van der Waals surface area contributed by atoms with Gasteiger partial charge in [0.1, 0.15) is 0 Å². The van der Waals surface area contributed by atoms with Crippen LogP contribution in [0.15, 0.2) is 18.2 Å². The van der Waals surface area contributed by atoms with Crippen molar-refractivity contribution >= 4 is 0 Å². The summed E-state index contributed by atoms with van der Waals surface area (Å²) < 4.78 is 28.4. The first-order valence-corrected chi connectivity index (χ1v) is 6.88. The lowest BCUT2D eigenvalue weighted by Crippen LogP contribution is -2.44. The number of hydrogen-bond donors (Lipinski definition) is 1. The summed E-state index contributed by atoms with van der Waals surface area (Å²) in [5.41, 5.74) is 2.13. The van der Waals surface area contributed by atoms with Crippen LogP contribution in [0.5, 0.6) is 0 Å². The zero-order chi connectivity index (χ0) is 13.9. The zero-order valence-corrected chi connectivity index (χ0v) is 11.7. The lowest BCUT2D eigenvalue weighted by atomic mass is 10.00. The third-order valence-electron chi connectivity index (χ3n) is 3.88. The Morgan fingerprint density at radius 2 is 1.84 bits per heavy atom. The molecule has 1 heterocycles. The van der Waals surface area contributed by atoms with Gasteiger partial charge in [-0.15, -0.1) is 0 Å². The molecule has 4 heteroatoms. The molecule has 0 spiro atoms. The van der Waals surface area contributed by atoms with Gasteiger partial charge in [-0.2, -0.15) is 0 Å². The van der Waals surface area contributed by atoms with Gasteiger partial charge in [-0.1, -0.05) is 12.1 Å². The van der Waals surface area contributed by atoms with Gasteiger partial charge in [0.2, 0.25) is 0 Å². The second kappa shape index (κ2) is 5.97. The molecule has 0 radical (unpaired) electrons. The van der Waals surface area contributed by atoms with Gasteiger partial charge in [0.25, 0.3) is 5.92 Å². The van der Waals surface area contributed by atoms with Crippen LogP contribution in [-0.4, -0.2) is 37.6 Å². The minimum absolute atomic E-state index is 0.102. The Morgan fingerprint density at radius 3 is 2.47 bits per heavy atom. The number of benzene rings is 1. The Morgan fingerprint density at radius 1 is 1.16 bits per heavy atom. The Bertz CT molecular complexity index is 426. The van der Waals surface area contributed by atoms with E-state index in [1.54, 1.807) is 18.2 Å². The van der Waals surface area contributed by atoms with Gasteiger partial charge in [-0.3, -0.25) is 0 Å². The zero-order valence-electron chi connectivity index (χ0n) is 11.7. The molecule has 0 amide bonds. The van der Waals surface area contributed by atoms with Gasteiger partial charge in [-0.25, -0.2) is 8.78 Å². The summed E-state index contributed by atoms with van der Waals surface area (Å²) in [6.45, 7) is 7.81. The van der Waals surface area contributed by atoms with Crippen LogP contribution in [0.1, 0.15) is 23.1 Å². The molecule has 0 aromatic heterocycles. The smallest absolute Gasteiger partial charge is 0.274 e. The van der Waals surface area contributed by atoms with E-state index in [1.807, 2.05) is 13.8 Å². The fraction of sp³-hybridized carbons (Fsp3) is 0.600. The van der Waals surface area contributed by atoms with E-state index in [9.17, 15) is 8.78 Å². The van der Waals surface area contributed by atoms with E-state index in [1.165, 1.54) is 0 Å². The van der Waals surface area contributed by atoms with E-state index in [-0.39, 0.29) is 12.0 Å². The largest absolute Gasteiger partial charge is 0.314 e. The van der Waals surface area contributed by atoms with Gasteiger partial charge >= 0.3 is 0 Å². The summed E-state index contributed by atoms with van der Waals surface area (Å²) in [4.78, 5) is 2.10. The molecule has 1 aliphatic heterocycles. The van der Waals surface area contributed by atoms with Gasteiger partial charge in [0, 0.05) is 44.7 Å². The van der Waals surface area contributed by atoms with Crippen LogP contribution >= 0.6 is 0 Å². The summed E-state index contributed by atoms with van der Waals surface area (Å²) in [7, 11) is 0. The highest BCUT2D eigenvalue weighted by atomic mass is 19.3. The number of piperazine rings is 1. The number of rotatable bonds is 4. The lowest BCUT2D eigenvalue weighted by Gasteiger charge is -2.29. The molecule has 0 bridgehead atoms. The minimum atomic E-state index is -2.73. The lowest BCUT2D eigenvalue weighted by molar-refractivity contribution is -0.0226. The van der Waals surface area contributed by atoms with Gasteiger partial charge < -0.3 is 10.2 Å². The molecule has 0 unspecified atom stereocenters. The van der Waals surface area contributed by atoms with Gasteiger partial charge in [-0.05, 0) is 31.0 Å². The van der Waals surface area contributed by atoms with Crippen LogP contribution < -0.4 is 5.32 Å². The third kappa shape index (κ3) is 3.74. The van der Waals surface area contributed by atoms with Crippen molar-refractivity contribution in [3.05, 3.63) is 34.9 Å². The maximum absolute atomic E-state index is 14.2. The van der Waals surface area contributed by atoms with Crippen molar-refractivity contribution in [3.8, 4) is 0 Å². The van der Waals surface area contributed by atoms with E-state index in [0.29, 0.717) is 6.54 Å². The summed E-state index contributed by atoms with van der Waals surface area (Å²) >= 11 is 0. The first-order chi connectivity index (χ1) is 8.99. The van der Waals surface area contributed by atoms with Crippen LogP contribution in [0.2, 0.25) is 0 Å². The van der Waals surface area contributed by atoms with Crippen LogP contribution in [0, 0.1) is 13.8 Å². The second-order valence-electron chi connectivity index (χ2n) is 5.35. The fourth-order valence-electron chi connectivity index (χ4n) is 2.35. The highest BCUT2D eigenvalue weighted by Gasteiger charge is 2.32.